The minimum Gasteiger partial charge on any atom is -0.497 e. The number of carbonyl (C=O) groups is 1. The first-order chi connectivity index (χ1) is 8.60. The molecule has 0 aliphatic rings. The van der Waals surface area contributed by atoms with E-state index in [1.54, 1.807) is 25.6 Å². The van der Waals surface area contributed by atoms with Gasteiger partial charge in [0.2, 0.25) is 0 Å². The molecule has 2 rings (SSSR count). The molecule has 1 aromatic carbocycles. The monoisotopic (exact) mass is 309 g/mol. The van der Waals surface area contributed by atoms with Gasteiger partial charge >= 0.3 is 5.97 Å². The van der Waals surface area contributed by atoms with Crippen LogP contribution < -0.4 is 4.74 Å². The molecule has 2 aromatic rings. The van der Waals surface area contributed by atoms with Gasteiger partial charge in [-0.2, -0.15) is 0 Å². The molecule has 94 valence electrons. The number of carboxylic acids is 1. The lowest BCUT2D eigenvalue weighted by molar-refractivity contribution is 0.0697. The van der Waals surface area contributed by atoms with Crippen molar-refractivity contribution < 1.29 is 14.6 Å². The number of nitrogens with zero attached hydrogens (tertiary/aromatic N) is 1. The van der Waals surface area contributed by atoms with Crippen LogP contribution in [0.25, 0.3) is 0 Å². The van der Waals surface area contributed by atoms with Crippen LogP contribution in [0.1, 0.15) is 15.9 Å². The van der Waals surface area contributed by atoms with Crippen LogP contribution in [-0.2, 0) is 6.54 Å². The van der Waals surface area contributed by atoms with Gasteiger partial charge in [-0.25, -0.2) is 4.79 Å². The van der Waals surface area contributed by atoms with E-state index < -0.39 is 5.97 Å². The van der Waals surface area contributed by atoms with Crippen molar-refractivity contribution in [3.05, 3.63) is 52.3 Å². The van der Waals surface area contributed by atoms with Crippen molar-refractivity contribution >= 4 is 21.9 Å². The molecule has 0 unspecified atom stereocenters. The molecule has 5 heteroatoms. The maximum Gasteiger partial charge on any atom is 0.337 e. The van der Waals surface area contributed by atoms with E-state index in [0.29, 0.717) is 6.54 Å². The van der Waals surface area contributed by atoms with Gasteiger partial charge in [-0.3, -0.25) is 0 Å². The molecule has 4 nitrogen and oxygen atoms in total. The number of benzene rings is 1. The largest absolute Gasteiger partial charge is 0.497 e. The van der Waals surface area contributed by atoms with Gasteiger partial charge in [-0.05, 0) is 29.8 Å². The number of ether oxygens (including phenoxy) is 1. The highest BCUT2D eigenvalue weighted by Gasteiger charge is 2.07. The van der Waals surface area contributed by atoms with Gasteiger partial charge in [0.15, 0.2) is 0 Å². The van der Waals surface area contributed by atoms with Crippen LogP contribution in [0.3, 0.4) is 0 Å². The van der Waals surface area contributed by atoms with Gasteiger partial charge < -0.3 is 14.4 Å². The summed E-state index contributed by atoms with van der Waals surface area (Å²) in [4.78, 5) is 10.8. The highest BCUT2D eigenvalue weighted by Crippen LogP contribution is 2.23. The van der Waals surface area contributed by atoms with Gasteiger partial charge in [-0.1, -0.05) is 15.9 Å². The van der Waals surface area contributed by atoms with Crippen molar-refractivity contribution in [1.29, 1.82) is 0 Å². The van der Waals surface area contributed by atoms with Crippen LogP contribution in [0.4, 0.5) is 0 Å². The van der Waals surface area contributed by atoms with E-state index in [1.807, 2.05) is 22.8 Å². The first kappa shape index (κ1) is 12.7. The molecule has 1 aromatic heterocycles. The predicted molar refractivity (Wildman–Crippen MR) is 71.2 cm³/mol. The van der Waals surface area contributed by atoms with Crippen LogP contribution >= 0.6 is 15.9 Å². The maximum atomic E-state index is 10.8. The van der Waals surface area contributed by atoms with Crippen molar-refractivity contribution in [2.75, 3.05) is 7.11 Å². The number of hydrogen-bond acceptors (Lipinski definition) is 2. The Morgan fingerprint density at radius 1 is 1.44 bits per heavy atom. The Labute approximate surface area is 113 Å². The van der Waals surface area contributed by atoms with Crippen LogP contribution in [0, 0.1) is 0 Å². The third-order valence-corrected chi connectivity index (χ3v) is 3.38. The van der Waals surface area contributed by atoms with E-state index in [4.69, 9.17) is 9.84 Å². The second kappa shape index (κ2) is 5.27. The van der Waals surface area contributed by atoms with E-state index >= 15 is 0 Å². The SMILES string of the molecule is COc1ccc(Br)c(Cn2ccc(C(=O)O)c2)c1. The van der Waals surface area contributed by atoms with Crippen molar-refractivity contribution in [1.82, 2.24) is 4.57 Å². The predicted octanol–water partition coefficient (Wildman–Crippen LogP) is 3.01. The highest BCUT2D eigenvalue weighted by molar-refractivity contribution is 9.10. The van der Waals surface area contributed by atoms with Crippen LogP contribution in [0.5, 0.6) is 5.75 Å². The second-order valence-corrected chi connectivity index (χ2v) is 4.69. The summed E-state index contributed by atoms with van der Waals surface area (Å²) < 4.78 is 7.96. The van der Waals surface area contributed by atoms with E-state index in [1.165, 1.54) is 0 Å². The van der Waals surface area contributed by atoms with Crippen molar-refractivity contribution in [3.8, 4) is 5.75 Å². The molecule has 0 amide bonds. The molecule has 0 aliphatic carbocycles. The Balaban J connectivity index is 2.24. The molecule has 18 heavy (non-hydrogen) atoms. The number of rotatable bonds is 4. The van der Waals surface area contributed by atoms with Crippen LogP contribution in [-0.4, -0.2) is 22.8 Å². The summed E-state index contributed by atoms with van der Waals surface area (Å²) >= 11 is 3.47. The summed E-state index contributed by atoms with van der Waals surface area (Å²) in [6.07, 6.45) is 3.35. The third kappa shape index (κ3) is 2.73. The molecule has 0 saturated carbocycles. The molecular formula is C13H12BrNO3. The summed E-state index contributed by atoms with van der Waals surface area (Å²) in [6.45, 7) is 0.588. The molecule has 0 spiro atoms. The summed E-state index contributed by atoms with van der Waals surface area (Å²) in [5.41, 5.74) is 1.32. The average molecular weight is 310 g/mol. The second-order valence-electron chi connectivity index (χ2n) is 3.84. The maximum absolute atomic E-state index is 10.8. The van der Waals surface area contributed by atoms with E-state index in [9.17, 15) is 4.79 Å². The number of methoxy groups -OCH3 is 1. The van der Waals surface area contributed by atoms with Crippen molar-refractivity contribution in [3.63, 3.8) is 0 Å². The Kier molecular flexibility index (Phi) is 3.72. The van der Waals surface area contributed by atoms with Gasteiger partial charge in [0.1, 0.15) is 5.75 Å². The van der Waals surface area contributed by atoms with E-state index in [-0.39, 0.29) is 5.56 Å². The number of halogens is 1. The average Bonchev–Trinajstić information content (AvgIpc) is 2.81. The zero-order valence-electron chi connectivity index (χ0n) is 9.76. The summed E-state index contributed by atoms with van der Waals surface area (Å²) in [5.74, 6) is -0.141. The zero-order chi connectivity index (χ0) is 13.1. The number of aromatic carboxylic acids is 1. The van der Waals surface area contributed by atoms with Gasteiger partial charge in [0.25, 0.3) is 0 Å². The summed E-state index contributed by atoms with van der Waals surface area (Å²) in [6, 6.07) is 7.28. The molecule has 0 aliphatic heterocycles. The Morgan fingerprint density at radius 3 is 2.83 bits per heavy atom. The molecule has 0 radical (unpaired) electrons. The Hall–Kier alpha value is -1.75. The lowest BCUT2D eigenvalue weighted by atomic mass is 10.2. The van der Waals surface area contributed by atoms with Gasteiger partial charge in [-0.15, -0.1) is 0 Å². The molecule has 0 saturated heterocycles. The lowest BCUT2D eigenvalue weighted by Gasteiger charge is -2.08. The molecule has 1 heterocycles. The third-order valence-electron chi connectivity index (χ3n) is 2.60. The highest BCUT2D eigenvalue weighted by atomic mass is 79.9. The summed E-state index contributed by atoms with van der Waals surface area (Å²) in [5, 5.41) is 8.86. The van der Waals surface area contributed by atoms with Gasteiger partial charge in [0, 0.05) is 23.4 Å². The number of hydrogen-bond donors (Lipinski definition) is 1. The molecule has 0 atom stereocenters. The standard InChI is InChI=1S/C13H12BrNO3/c1-18-11-2-3-12(14)10(6-11)8-15-5-4-9(7-15)13(16)17/h2-7H,8H2,1H3,(H,16,17). The van der Waals surface area contributed by atoms with E-state index in [0.717, 1.165) is 15.8 Å². The smallest absolute Gasteiger partial charge is 0.337 e. The topological polar surface area (TPSA) is 51.5 Å². The quantitative estimate of drug-likeness (QED) is 0.944. The molecule has 0 fully saturated rings. The normalized spacial score (nSPS) is 10.3. The Bertz CT molecular complexity index is 577. The fourth-order valence-electron chi connectivity index (χ4n) is 1.66. The zero-order valence-corrected chi connectivity index (χ0v) is 11.3. The number of carboxylic acid groups (broad SMARTS) is 1. The molecule has 1 N–H and O–H groups in total. The van der Waals surface area contributed by atoms with E-state index in [2.05, 4.69) is 15.9 Å². The van der Waals surface area contributed by atoms with Crippen LogP contribution in [0.15, 0.2) is 41.1 Å². The van der Waals surface area contributed by atoms with Crippen molar-refractivity contribution in [2.45, 2.75) is 6.54 Å². The number of aromatic nitrogens is 1. The fraction of sp³-hybridized carbons (Fsp3) is 0.154. The fourth-order valence-corrected chi connectivity index (χ4v) is 2.03. The molecular weight excluding hydrogens is 298 g/mol. The first-order valence-electron chi connectivity index (χ1n) is 5.31. The summed E-state index contributed by atoms with van der Waals surface area (Å²) in [7, 11) is 1.62. The molecule has 0 bridgehead atoms. The lowest BCUT2D eigenvalue weighted by Crippen LogP contribution is -1.99. The van der Waals surface area contributed by atoms with Crippen LogP contribution in [0.2, 0.25) is 0 Å². The van der Waals surface area contributed by atoms with Gasteiger partial charge in [0.05, 0.1) is 12.7 Å². The Morgan fingerprint density at radius 2 is 2.22 bits per heavy atom. The minimum atomic E-state index is -0.918. The minimum absolute atomic E-state index is 0.286. The first-order valence-corrected chi connectivity index (χ1v) is 6.11. The van der Waals surface area contributed by atoms with Crippen molar-refractivity contribution in [2.24, 2.45) is 0 Å².